The summed E-state index contributed by atoms with van der Waals surface area (Å²) in [4.78, 5) is 10.2. The van der Waals surface area contributed by atoms with Crippen molar-refractivity contribution in [1.29, 1.82) is 0 Å². The summed E-state index contributed by atoms with van der Waals surface area (Å²) in [7, 11) is 1.45. The minimum absolute atomic E-state index is 0.0877. The van der Waals surface area contributed by atoms with Crippen LogP contribution in [0.1, 0.15) is 0 Å². The summed E-state index contributed by atoms with van der Waals surface area (Å²) in [5, 5.41) is 10.7. The molecule has 0 N–H and O–H groups in total. The number of nitrogens with zero attached hydrogens (tertiary/aromatic N) is 1. The molecule has 0 saturated carbocycles. The summed E-state index contributed by atoms with van der Waals surface area (Å²) in [5.41, 5.74) is -0.0877. The lowest BCUT2D eigenvalue weighted by Gasteiger charge is -2.11. The Morgan fingerprint density at radius 1 is 1.05 bits per heavy atom. The maximum atomic E-state index is 12.7. The summed E-state index contributed by atoms with van der Waals surface area (Å²) in [6, 6.07) is 9.68. The highest BCUT2D eigenvalue weighted by atomic mass is 19.1. The molecule has 7 heteroatoms. The Labute approximate surface area is 126 Å². The molecule has 0 saturated heterocycles. The van der Waals surface area contributed by atoms with Crippen LogP contribution in [0.25, 0.3) is 0 Å². The van der Waals surface area contributed by atoms with E-state index in [0.717, 1.165) is 0 Å². The van der Waals surface area contributed by atoms with E-state index in [-0.39, 0.29) is 30.5 Å². The number of methoxy groups -OCH3 is 1. The van der Waals surface area contributed by atoms with E-state index in [1.807, 2.05) is 0 Å². The number of non-ortho nitro benzene ring substituents is 1. The number of halogens is 1. The zero-order valence-electron chi connectivity index (χ0n) is 11.8. The van der Waals surface area contributed by atoms with Crippen molar-refractivity contribution in [2.24, 2.45) is 0 Å². The molecule has 0 fully saturated rings. The van der Waals surface area contributed by atoms with E-state index in [1.54, 1.807) is 0 Å². The van der Waals surface area contributed by atoms with Gasteiger partial charge in [0.2, 0.25) is 0 Å². The molecule has 22 heavy (non-hydrogen) atoms. The van der Waals surface area contributed by atoms with Crippen LogP contribution >= 0.6 is 0 Å². The smallest absolute Gasteiger partial charge is 0.273 e. The van der Waals surface area contributed by atoms with Gasteiger partial charge in [0, 0.05) is 6.07 Å². The summed E-state index contributed by atoms with van der Waals surface area (Å²) < 4.78 is 28.6. The molecule has 0 unspecified atom stereocenters. The predicted octanol–water partition coefficient (Wildman–Crippen LogP) is 3.20. The average Bonchev–Trinajstić information content (AvgIpc) is 2.53. The number of nitro groups is 1. The second-order valence-corrected chi connectivity index (χ2v) is 4.24. The van der Waals surface area contributed by atoms with E-state index >= 15 is 0 Å². The molecule has 116 valence electrons. The molecular formula is C15H14FNO5. The lowest BCUT2D eigenvalue weighted by molar-refractivity contribution is -0.385. The van der Waals surface area contributed by atoms with Crippen molar-refractivity contribution in [3.63, 3.8) is 0 Å². The standard InChI is InChI=1S/C15H14FNO5/c1-20-14-7-4-12(17(18)19)10-15(14)22-9-8-21-13-5-2-11(16)3-6-13/h2-7,10H,8-9H2,1H3. The normalized spacial score (nSPS) is 10.1. The third-order valence-corrected chi connectivity index (χ3v) is 2.78. The van der Waals surface area contributed by atoms with Gasteiger partial charge in [0.1, 0.15) is 24.8 Å². The van der Waals surface area contributed by atoms with Crippen LogP contribution in [0.5, 0.6) is 17.2 Å². The van der Waals surface area contributed by atoms with Crippen LogP contribution in [0.2, 0.25) is 0 Å². The Morgan fingerprint density at radius 2 is 1.73 bits per heavy atom. The lowest BCUT2D eigenvalue weighted by atomic mass is 10.3. The fourth-order valence-corrected chi connectivity index (χ4v) is 1.73. The van der Waals surface area contributed by atoms with E-state index in [1.165, 1.54) is 49.6 Å². The topological polar surface area (TPSA) is 70.8 Å². The first-order valence-electron chi connectivity index (χ1n) is 6.44. The quantitative estimate of drug-likeness (QED) is 0.446. The van der Waals surface area contributed by atoms with Crippen LogP contribution in [-0.4, -0.2) is 25.2 Å². The van der Waals surface area contributed by atoms with Crippen molar-refractivity contribution in [3.05, 3.63) is 58.4 Å². The van der Waals surface area contributed by atoms with E-state index < -0.39 is 4.92 Å². The molecule has 0 radical (unpaired) electrons. The van der Waals surface area contributed by atoms with Gasteiger partial charge in [-0.15, -0.1) is 0 Å². The lowest BCUT2D eigenvalue weighted by Crippen LogP contribution is -2.09. The fraction of sp³-hybridized carbons (Fsp3) is 0.200. The summed E-state index contributed by atoms with van der Waals surface area (Å²) in [6.45, 7) is 0.367. The molecular weight excluding hydrogens is 293 g/mol. The highest BCUT2D eigenvalue weighted by molar-refractivity contribution is 5.48. The zero-order valence-corrected chi connectivity index (χ0v) is 11.8. The molecule has 0 aliphatic rings. The SMILES string of the molecule is COc1ccc([N+](=O)[O-])cc1OCCOc1ccc(F)cc1. The summed E-state index contributed by atoms with van der Waals surface area (Å²) in [5.74, 6) is 0.827. The number of ether oxygens (including phenoxy) is 3. The number of rotatable bonds is 7. The first-order chi connectivity index (χ1) is 10.6. The fourth-order valence-electron chi connectivity index (χ4n) is 1.73. The molecule has 0 heterocycles. The highest BCUT2D eigenvalue weighted by Crippen LogP contribution is 2.31. The molecule has 2 aromatic rings. The first-order valence-corrected chi connectivity index (χ1v) is 6.44. The van der Waals surface area contributed by atoms with E-state index in [4.69, 9.17) is 14.2 Å². The van der Waals surface area contributed by atoms with Gasteiger partial charge in [-0.25, -0.2) is 4.39 Å². The second kappa shape index (κ2) is 7.26. The van der Waals surface area contributed by atoms with E-state index in [2.05, 4.69) is 0 Å². The molecule has 0 bridgehead atoms. The Morgan fingerprint density at radius 3 is 2.36 bits per heavy atom. The van der Waals surface area contributed by atoms with Crippen molar-refractivity contribution in [2.45, 2.75) is 0 Å². The van der Waals surface area contributed by atoms with Gasteiger partial charge in [-0.05, 0) is 30.3 Å². The van der Waals surface area contributed by atoms with Crippen molar-refractivity contribution in [2.75, 3.05) is 20.3 Å². The molecule has 0 amide bonds. The molecule has 0 aromatic heterocycles. The Kier molecular flexibility index (Phi) is 5.13. The number of hydrogen-bond acceptors (Lipinski definition) is 5. The van der Waals surface area contributed by atoms with Gasteiger partial charge in [-0.3, -0.25) is 10.1 Å². The Balaban J connectivity index is 1.91. The van der Waals surface area contributed by atoms with Gasteiger partial charge in [-0.1, -0.05) is 0 Å². The molecule has 0 spiro atoms. The summed E-state index contributed by atoms with van der Waals surface area (Å²) >= 11 is 0. The molecule has 2 rings (SSSR count). The molecule has 0 aliphatic heterocycles. The molecule has 0 atom stereocenters. The maximum Gasteiger partial charge on any atom is 0.273 e. The van der Waals surface area contributed by atoms with E-state index in [0.29, 0.717) is 11.5 Å². The van der Waals surface area contributed by atoms with Crippen LogP contribution in [-0.2, 0) is 0 Å². The van der Waals surface area contributed by atoms with Crippen molar-refractivity contribution >= 4 is 5.69 Å². The predicted molar refractivity (Wildman–Crippen MR) is 77.0 cm³/mol. The van der Waals surface area contributed by atoms with Crippen LogP contribution in [0.3, 0.4) is 0 Å². The highest BCUT2D eigenvalue weighted by Gasteiger charge is 2.12. The second-order valence-electron chi connectivity index (χ2n) is 4.24. The molecule has 2 aromatic carbocycles. The Hall–Kier alpha value is -2.83. The zero-order chi connectivity index (χ0) is 15.9. The number of benzene rings is 2. The monoisotopic (exact) mass is 307 g/mol. The third-order valence-electron chi connectivity index (χ3n) is 2.78. The maximum absolute atomic E-state index is 12.7. The third kappa shape index (κ3) is 4.08. The minimum Gasteiger partial charge on any atom is -0.493 e. The summed E-state index contributed by atoms with van der Waals surface area (Å²) in [6.07, 6.45) is 0. The van der Waals surface area contributed by atoms with Gasteiger partial charge in [-0.2, -0.15) is 0 Å². The number of nitro benzene ring substituents is 1. The van der Waals surface area contributed by atoms with Crippen molar-refractivity contribution in [3.8, 4) is 17.2 Å². The Bertz CT molecular complexity index is 645. The van der Waals surface area contributed by atoms with Crippen molar-refractivity contribution < 1.29 is 23.5 Å². The van der Waals surface area contributed by atoms with Crippen LogP contribution in [0.4, 0.5) is 10.1 Å². The number of hydrogen-bond donors (Lipinski definition) is 0. The van der Waals surface area contributed by atoms with Gasteiger partial charge in [0.25, 0.3) is 5.69 Å². The first kappa shape index (κ1) is 15.6. The van der Waals surface area contributed by atoms with Gasteiger partial charge < -0.3 is 14.2 Å². The molecule has 6 nitrogen and oxygen atoms in total. The van der Waals surface area contributed by atoms with Crippen LogP contribution in [0, 0.1) is 15.9 Å². The minimum atomic E-state index is -0.513. The largest absolute Gasteiger partial charge is 0.493 e. The van der Waals surface area contributed by atoms with E-state index in [9.17, 15) is 14.5 Å². The van der Waals surface area contributed by atoms with Gasteiger partial charge in [0.05, 0.1) is 18.1 Å². The van der Waals surface area contributed by atoms with Gasteiger partial charge in [0.15, 0.2) is 11.5 Å². The van der Waals surface area contributed by atoms with Gasteiger partial charge >= 0.3 is 0 Å². The average molecular weight is 307 g/mol. The van der Waals surface area contributed by atoms with Crippen molar-refractivity contribution in [1.82, 2.24) is 0 Å². The van der Waals surface area contributed by atoms with Crippen LogP contribution in [0.15, 0.2) is 42.5 Å². The van der Waals surface area contributed by atoms with Crippen LogP contribution < -0.4 is 14.2 Å². The molecule has 0 aliphatic carbocycles.